The maximum Gasteiger partial charge on any atom is 0.227 e. The number of carbonyl (C=O) groups excluding carboxylic acids is 1. The molecule has 1 heterocycles. The van der Waals surface area contributed by atoms with Crippen LogP contribution in [0, 0.1) is 0 Å². The number of hydrogen-bond acceptors (Lipinski definition) is 3. The van der Waals surface area contributed by atoms with Gasteiger partial charge in [0.2, 0.25) is 5.91 Å². The van der Waals surface area contributed by atoms with Crippen molar-refractivity contribution in [3.05, 3.63) is 42.2 Å². The molecule has 0 bridgehead atoms. The van der Waals surface area contributed by atoms with E-state index in [4.69, 9.17) is 5.73 Å². The zero-order valence-electron chi connectivity index (χ0n) is 10.2. The number of hydrogen-bond donors (Lipinski definition) is 1. The lowest BCUT2D eigenvalue weighted by Crippen LogP contribution is -2.13. The molecule has 0 unspecified atom stereocenters. The number of primary amides is 1. The van der Waals surface area contributed by atoms with Crippen molar-refractivity contribution in [3.8, 4) is 5.69 Å². The fourth-order valence-corrected chi connectivity index (χ4v) is 2.33. The second-order valence-electron chi connectivity index (χ2n) is 3.85. The molecule has 2 aromatic rings. The van der Waals surface area contributed by atoms with Gasteiger partial charge in [0.15, 0.2) is 5.16 Å². The lowest BCUT2D eigenvalue weighted by atomic mass is 10.1. The minimum atomic E-state index is -0.337. The first-order valence-electron chi connectivity index (χ1n) is 5.74. The maximum atomic E-state index is 10.8. The number of thioether (sulfide) groups is 1. The van der Waals surface area contributed by atoms with Gasteiger partial charge in [-0.25, -0.2) is 4.98 Å². The molecule has 0 spiro atoms. The molecule has 2 rings (SSSR count). The van der Waals surface area contributed by atoms with Crippen molar-refractivity contribution in [2.45, 2.75) is 18.5 Å². The summed E-state index contributed by atoms with van der Waals surface area (Å²) >= 11 is 1.34. The number of imidazole rings is 1. The molecule has 0 radical (unpaired) electrons. The largest absolute Gasteiger partial charge is 0.369 e. The topological polar surface area (TPSA) is 60.9 Å². The van der Waals surface area contributed by atoms with Crippen LogP contribution >= 0.6 is 11.8 Å². The Hall–Kier alpha value is -1.75. The van der Waals surface area contributed by atoms with E-state index in [0.717, 1.165) is 17.3 Å². The minimum Gasteiger partial charge on any atom is -0.369 e. The van der Waals surface area contributed by atoms with Gasteiger partial charge in [0.05, 0.1) is 5.75 Å². The molecule has 4 nitrogen and oxygen atoms in total. The molecule has 0 atom stereocenters. The molecule has 5 heteroatoms. The number of aryl methyl sites for hydroxylation is 1. The van der Waals surface area contributed by atoms with E-state index in [-0.39, 0.29) is 11.7 Å². The molecule has 0 saturated heterocycles. The second kappa shape index (κ2) is 5.73. The summed E-state index contributed by atoms with van der Waals surface area (Å²) in [5, 5.41) is 0.776. The summed E-state index contributed by atoms with van der Waals surface area (Å²) in [5.41, 5.74) is 7.47. The van der Waals surface area contributed by atoms with Crippen LogP contribution in [0.1, 0.15) is 12.5 Å². The molecule has 1 aromatic heterocycles. The summed E-state index contributed by atoms with van der Waals surface area (Å²) in [6.45, 7) is 2.13. The standard InChI is InChI=1S/C13H15N3OS/c1-2-10-3-5-11(6-4-10)16-8-7-15-13(16)18-9-12(14)17/h3-8H,2,9H2,1H3,(H2,14,17). The number of rotatable bonds is 5. The van der Waals surface area contributed by atoms with Gasteiger partial charge < -0.3 is 5.73 Å². The molecule has 0 saturated carbocycles. The van der Waals surface area contributed by atoms with E-state index in [0.29, 0.717) is 0 Å². The molecule has 1 amide bonds. The maximum absolute atomic E-state index is 10.8. The Balaban J connectivity index is 2.21. The van der Waals surface area contributed by atoms with Gasteiger partial charge in [-0.05, 0) is 24.1 Å². The van der Waals surface area contributed by atoms with Crippen LogP contribution in [0.5, 0.6) is 0 Å². The average molecular weight is 261 g/mol. The summed E-state index contributed by atoms with van der Waals surface area (Å²) in [7, 11) is 0. The van der Waals surface area contributed by atoms with Crippen molar-refractivity contribution in [2.24, 2.45) is 5.73 Å². The Labute approximate surface area is 110 Å². The van der Waals surface area contributed by atoms with Crippen molar-refractivity contribution >= 4 is 17.7 Å². The Morgan fingerprint density at radius 1 is 1.39 bits per heavy atom. The Bertz CT molecular complexity index is 533. The summed E-state index contributed by atoms with van der Waals surface area (Å²) in [4.78, 5) is 15.0. The van der Waals surface area contributed by atoms with Crippen molar-refractivity contribution in [1.29, 1.82) is 0 Å². The van der Waals surface area contributed by atoms with E-state index in [1.54, 1.807) is 6.20 Å². The van der Waals surface area contributed by atoms with Crippen LogP contribution in [0.2, 0.25) is 0 Å². The Morgan fingerprint density at radius 3 is 2.72 bits per heavy atom. The van der Waals surface area contributed by atoms with Crippen molar-refractivity contribution in [1.82, 2.24) is 9.55 Å². The highest BCUT2D eigenvalue weighted by Crippen LogP contribution is 2.20. The predicted molar refractivity (Wildman–Crippen MR) is 72.9 cm³/mol. The van der Waals surface area contributed by atoms with E-state index < -0.39 is 0 Å². The summed E-state index contributed by atoms with van der Waals surface area (Å²) in [6, 6.07) is 8.29. The van der Waals surface area contributed by atoms with Crippen LogP contribution < -0.4 is 5.73 Å². The number of nitrogens with zero attached hydrogens (tertiary/aromatic N) is 2. The van der Waals surface area contributed by atoms with Crippen LogP contribution in [0.3, 0.4) is 0 Å². The van der Waals surface area contributed by atoms with Crippen molar-refractivity contribution in [2.75, 3.05) is 5.75 Å². The molecular formula is C13H15N3OS. The van der Waals surface area contributed by atoms with Gasteiger partial charge in [0.25, 0.3) is 0 Å². The highest BCUT2D eigenvalue weighted by molar-refractivity contribution is 7.99. The van der Waals surface area contributed by atoms with Crippen LogP contribution in [0.15, 0.2) is 41.8 Å². The van der Waals surface area contributed by atoms with Crippen LogP contribution in [0.4, 0.5) is 0 Å². The number of nitrogens with two attached hydrogens (primary N) is 1. The number of benzene rings is 1. The normalized spacial score (nSPS) is 10.5. The molecule has 2 N–H and O–H groups in total. The van der Waals surface area contributed by atoms with E-state index in [9.17, 15) is 4.79 Å². The summed E-state index contributed by atoms with van der Waals surface area (Å²) in [6.07, 6.45) is 4.62. The zero-order chi connectivity index (χ0) is 13.0. The molecule has 18 heavy (non-hydrogen) atoms. The number of aromatic nitrogens is 2. The fourth-order valence-electron chi connectivity index (χ4n) is 1.62. The molecule has 0 aliphatic carbocycles. The highest BCUT2D eigenvalue weighted by atomic mass is 32.2. The predicted octanol–water partition coefficient (Wildman–Crippen LogP) is 2.01. The quantitative estimate of drug-likeness (QED) is 0.837. The Morgan fingerprint density at radius 2 is 2.11 bits per heavy atom. The van der Waals surface area contributed by atoms with E-state index >= 15 is 0 Å². The lowest BCUT2D eigenvalue weighted by Gasteiger charge is -2.07. The van der Waals surface area contributed by atoms with Gasteiger partial charge in [-0.1, -0.05) is 30.8 Å². The third-order valence-electron chi connectivity index (χ3n) is 2.57. The zero-order valence-corrected chi connectivity index (χ0v) is 11.0. The van der Waals surface area contributed by atoms with Gasteiger partial charge in [0, 0.05) is 18.1 Å². The first-order valence-corrected chi connectivity index (χ1v) is 6.73. The monoisotopic (exact) mass is 261 g/mol. The second-order valence-corrected chi connectivity index (χ2v) is 4.80. The third-order valence-corrected chi connectivity index (χ3v) is 3.56. The van der Waals surface area contributed by atoms with Crippen molar-refractivity contribution < 1.29 is 4.79 Å². The van der Waals surface area contributed by atoms with Crippen LogP contribution in [0.25, 0.3) is 5.69 Å². The molecule has 0 aliphatic heterocycles. The van der Waals surface area contributed by atoms with Crippen LogP contribution in [-0.4, -0.2) is 21.2 Å². The molecule has 0 fully saturated rings. The first-order chi connectivity index (χ1) is 8.70. The Kier molecular flexibility index (Phi) is 4.04. The average Bonchev–Trinajstić information content (AvgIpc) is 2.85. The summed E-state index contributed by atoms with van der Waals surface area (Å²) in [5.74, 6) is -0.0970. The van der Waals surface area contributed by atoms with Crippen molar-refractivity contribution in [3.63, 3.8) is 0 Å². The summed E-state index contributed by atoms with van der Waals surface area (Å²) < 4.78 is 1.95. The van der Waals surface area contributed by atoms with E-state index in [1.165, 1.54) is 17.3 Å². The molecule has 94 valence electrons. The van der Waals surface area contributed by atoms with Gasteiger partial charge in [-0.3, -0.25) is 9.36 Å². The van der Waals surface area contributed by atoms with Gasteiger partial charge in [-0.2, -0.15) is 0 Å². The van der Waals surface area contributed by atoms with Crippen LogP contribution in [-0.2, 0) is 11.2 Å². The number of amides is 1. The van der Waals surface area contributed by atoms with Gasteiger partial charge >= 0.3 is 0 Å². The van der Waals surface area contributed by atoms with Gasteiger partial charge in [0.1, 0.15) is 0 Å². The molecular weight excluding hydrogens is 246 g/mol. The minimum absolute atomic E-state index is 0.240. The smallest absolute Gasteiger partial charge is 0.227 e. The number of carbonyl (C=O) groups is 1. The third kappa shape index (κ3) is 2.92. The van der Waals surface area contributed by atoms with E-state index in [2.05, 4.69) is 36.2 Å². The SMILES string of the molecule is CCc1ccc(-n2ccnc2SCC(N)=O)cc1. The van der Waals surface area contributed by atoms with Gasteiger partial charge in [-0.15, -0.1) is 0 Å². The highest BCUT2D eigenvalue weighted by Gasteiger charge is 2.07. The molecule has 1 aromatic carbocycles. The first kappa shape index (κ1) is 12.7. The van der Waals surface area contributed by atoms with E-state index in [1.807, 2.05) is 10.8 Å². The lowest BCUT2D eigenvalue weighted by molar-refractivity contribution is -0.115. The fraction of sp³-hybridized carbons (Fsp3) is 0.231. The molecule has 0 aliphatic rings.